The number of fused-ring (bicyclic) bond motifs is 2. The number of H-pyrrole nitrogens is 1. The molecule has 29 heavy (non-hydrogen) atoms. The minimum absolute atomic E-state index is 0.256. The first-order chi connectivity index (χ1) is 14.1. The van der Waals surface area contributed by atoms with Crippen LogP contribution in [0.1, 0.15) is 0 Å². The van der Waals surface area contributed by atoms with Gasteiger partial charge in [-0.25, -0.2) is 8.42 Å². The van der Waals surface area contributed by atoms with Crippen LogP contribution in [-0.4, -0.2) is 54.2 Å². The van der Waals surface area contributed by atoms with Gasteiger partial charge in [-0.05, 0) is 42.5 Å². The summed E-state index contributed by atoms with van der Waals surface area (Å²) in [7, 11) is -3.58. The van der Waals surface area contributed by atoms with E-state index >= 15 is 0 Å². The number of hydrogen-bond donors (Lipinski definition) is 2. The summed E-state index contributed by atoms with van der Waals surface area (Å²) in [6.07, 6.45) is 3.47. The van der Waals surface area contributed by atoms with Gasteiger partial charge in [0, 0.05) is 41.4 Å². The van der Waals surface area contributed by atoms with Gasteiger partial charge in [0.15, 0.2) is 0 Å². The molecule has 0 unspecified atom stereocenters. The van der Waals surface area contributed by atoms with Crippen molar-refractivity contribution in [1.82, 2.24) is 19.5 Å². The van der Waals surface area contributed by atoms with Crippen LogP contribution in [0.2, 0.25) is 0 Å². The van der Waals surface area contributed by atoms with E-state index in [1.807, 2.05) is 24.3 Å². The molecule has 0 spiro atoms. The maximum Gasteiger partial charge on any atom is 0.243 e. The molecule has 1 aliphatic rings. The average molecular weight is 409 g/mol. The van der Waals surface area contributed by atoms with Crippen molar-refractivity contribution in [2.75, 3.05) is 31.6 Å². The van der Waals surface area contributed by atoms with Gasteiger partial charge in [-0.15, -0.1) is 0 Å². The minimum Gasteiger partial charge on any atom is -0.379 e. The Morgan fingerprint density at radius 2 is 1.93 bits per heavy atom. The Balaban J connectivity index is 1.54. The molecule has 8 nitrogen and oxygen atoms in total. The molecule has 0 aliphatic carbocycles. The average Bonchev–Trinajstić information content (AvgIpc) is 3.22. The summed E-state index contributed by atoms with van der Waals surface area (Å²) in [4.78, 5) is 4.63. The molecule has 3 heterocycles. The molecule has 5 rings (SSSR count). The normalized spacial score (nSPS) is 15.7. The summed E-state index contributed by atoms with van der Waals surface area (Å²) in [6, 6.07) is 12.8. The van der Waals surface area contributed by atoms with Crippen LogP contribution in [0.15, 0.2) is 59.8 Å². The zero-order valence-corrected chi connectivity index (χ0v) is 16.3. The van der Waals surface area contributed by atoms with Gasteiger partial charge in [0.25, 0.3) is 0 Å². The summed E-state index contributed by atoms with van der Waals surface area (Å²) < 4.78 is 32.8. The second-order valence-corrected chi connectivity index (χ2v) is 8.79. The summed E-state index contributed by atoms with van der Waals surface area (Å²) in [5.41, 5.74) is 3.30. The predicted octanol–water partition coefficient (Wildman–Crippen LogP) is 2.88. The van der Waals surface area contributed by atoms with Crippen molar-refractivity contribution >= 4 is 43.2 Å². The zero-order chi connectivity index (χ0) is 19.8. The van der Waals surface area contributed by atoms with Crippen LogP contribution < -0.4 is 5.32 Å². The maximum atomic E-state index is 13.0. The highest BCUT2D eigenvalue weighted by Gasteiger charge is 2.26. The van der Waals surface area contributed by atoms with Crippen molar-refractivity contribution in [2.45, 2.75) is 4.90 Å². The molecule has 0 bridgehead atoms. The van der Waals surface area contributed by atoms with E-state index in [1.165, 1.54) is 4.31 Å². The topological polar surface area (TPSA) is 100 Å². The van der Waals surface area contributed by atoms with Gasteiger partial charge in [0.2, 0.25) is 10.0 Å². The molecular weight excluding hydrogens is 390 g/mol. The van der Waals surface area contributed by atoms with Gasteiger partial charge in [0.1, 0.15) is 0 Å². The number of benzene rings is 2. The van der Waals surface area contributed by atoms with Crippen LogP contribution >= 0.6 is 0 Å². The number of nitrogens with zero attached hydrogens (tertiary/aromatic N) is 3. The third-order valence-electron chi connectivity index (χ3n) is 5.04. The van der Waals surface area contributed by atoms with E-state index in [4.69, 9.17) is 4.74 Å². The number of hydrogen-bond acceptors (Lipinski definition) is 6. The molecular formula is C20H19N5O3S. The second kappa shape index (κ2) is 7.11. The van der Waals surface area contributed by atoms with Crippen LogP contribution in [0.5, 0.6) is 0 Å². The summed E-state index contributed by atoms with van der Waals surface area (Å²) in [5, 5.41) is 12.1. The van der Waals surface area contributed by atoms with Gasteiger partial charge in [-0.2, -0.15) is 9.40 Å². The van der Waals surface area contributed by atoms with E-state index in [1.54, 1.807) is 30.6 Å². The first kappa shape index (κ1) is 18.0. The van der Waals surface area contributed by atoms with Crippen LogP contribution in [0, 0.1) is 0 Å². The number of aromatic nitrogens is 3. The molecule has 1 fully saturated rings. The zero-order valence-electron chi connectivity index (χ0n) is 15.5. The first-order valence-electron chi connectivity index (χ1n) is 9.28. The van der Waals surface area contributed by atoms with Crippen molar-refractivity contribution in [3.63, 3.8) is 0 Å². The summed E-state index contributed by atoms with van der Waals surface area (Å²) >= 11 is 0. The number of sulfonamides is 1. The fourth-order valence-electron chi connectivity index (χ4n) is 3.50. The molecule has 0 amide bonds. The molecule has 2 aromatic carbocycles. The highest BCUT2D eigenvalue weighted by molar-refractivity contribution is 7.89. The van der Waals surface area contributed by atoms with Gasteiger partial charge < -0.3 is 10.1 Å². The lowest BCUT2D eigenvalue weighted by Crippen LogP contribution is -2.40. The van der Waals surface area contributed by atoms with Crippen molar-refractivity contribution in [2.24, 2.45) is 0 Å². The number of morpholine rings is 1. The lowest BCUT2D eigenvalue weighted by atomic mass is 10.1. The minimum atomic E-state index is -3.58. The smallest absolute Gasteiger partial charge is 0.243 e. The monoisotopic (exact) mass is 409 g/mol. The SMILES string of the molecule is O=S(=O)(c1ccc2nccc(Nc3ccc4cn[nH]c4c3)c2c1)N1CCOCC1. The van der Waals surface area contributed by atoms with Crippen LogP contribution in [-0.2, 0) is 14.8 Å². The second-order valence-electron chi connectivity index (χ2n) is 6.85. The standard InChI is InChI=1S/C20H19N5O3S/c26-29(27,25-7-9-28-10-8-25)16-3-4-18-17(12-16)19(5-6-21-18)23-15-2-1-14-13-22-24-20(14)11-15/h1-6,11-13H,7-10H2,(H,21,23)(H,22,24). The van der Waals surface area contributed by atoms with E-state index in [0.717, 1.165) is 33.2 Å². The highest BCUT2D eigenvalue weighted by atomic mass is 32.2. The molecule has 9 heteroatoms. The van der Waals surface area contributed by atoms with Crippen LogP contribution in [0.4, 0.5) is 11.4 Å². The number of rotatable bonds is 4. The summed E-state index contributed by atoms with van der Waals surface area (Å²) in [6.45, 7) is 1.56. The Bertz CT molecular complexity index is 1300. The molecule has 1 saturated heterocycles. The Morgan fingerprint density at radius 3 is 2.79 bits per heavy atom. The van der Waals surface area contributed by atoms with Gasteiger partial charge >= 0.3 is 0 Å². The molecule has 2 aromatic heterocycles. The lowest BCUT2D eigenvalue weighted by molar-refractivity contribution is 0.0730. The Hall–Kier alpha value is -3.01. The lowest BCUT2D eigenvalue weighted by Gasteiger charge is -2.26. The Kier molecular flexibility index (Phi) is 4.42. The third-order valence-corrected chi connectivity index (χ3v) is 6.94. The fraction of sp³-hybridized carbons (Fsp3) is 0.200. The van der Waals surface area contributed by atoms with E-state index in [9.17, 15) is 8.42 Å². The number of nitrogens with one attached hydrogen (secondary N) is 2. The molecule has 148 valence electrons. The van der Waals surface area contributed by atoms with E-state index in [0.29, 0.717) is 26.3 Å². The van der Waals surface area contributed by atoms with Crippen LogP contribution in [0.25, 0.3) is 21.8 Å². The van der Waals surface area contributed by atoms with Crippen molar-refractivity contribution < 1.29 is 13.2 Å². The number of pyridine rings is 1. The van der Waals surface area contributed by atoms with E-state index in [-0.39, 0.29) is 4.90 Å². The first-order valence-corrected chi connectivity index (χ1v) is 10.7. The maximum absolute atomic E-state index is 13.0. The van der Waals surface area contributed by atoms with Gasteiger partial charge in [-0.1, -0.05) is 0 Å². The summed E-state index contributed by atoms with van der Waals surface area (Å²) in [5.74, 6) is 0. The Morgan fingerprint density at radius 1 is 1.07 bits per heavy atom. The van der Waals surface area contributed by atoms with Gasteiger partial charge in [0.05, 0.1) is 35.3 Å². The van der Waals surface area contributed by atoms with Crippen molar-refractivity contribution in [1.29, 1.82) is 0 Å². The predicted molar refractivity (Wildman–Crippen MR) is 111 cm³/mol. The molecule has 4 aromatic rings. The van der Waals surface area contributed by atoms with Crippen LogP contribution in [0.3, 0.4) is 0 Å². The fourth-order valence-corrected chi connectivity index (χ4v) is 4.94. The number of anilines is 2. The number of ether oxygens (including phenoxy) is 1. The molecule has 0 saturated carbocycles. The highest BCUT2D eigenvalue weighted by Crippen LogP contribution is 2.29. The molecule has 1 aliphatic heterocycles. The largest absolute Gasteiger partial charge is 0.379 e. The Labute approximate surface area is 167 Å². The van der Waals surface area contributed by atoms with Crippen molar-refractivity contribution in [3.8, 4) is 0 Å². The van der Waals surface area contributed by atoms with E-state index in [2.05, 4.69) is 20.5 Å². The van der Waals surface area contributed by atoms with E-state index < -0.39 is 10.0 Å². The third kappa shape index (κ3) is 3.33. The van der Waals surface area contributed by atoms with Gasteiger partial charge in [-0.3, -0.25) is 10.1 Å². The van der Waals surface area contributed by atoms with Crippen molar-refractivity contribution in [3.05, 3.63) is 54.9 Å². The molecule has 2 N–H and O–H groups in total. The molecule has 0 atom stereocenters. The quantitative estimate of drug-likeness (QED) is 0.538. The molecule has 0 radical (unpaired) electrons. The number of aromatic amines is 1.